The lowest BCUT2D eigenvalue weighted by molar-refractivity contribution is -0.0766. The summed E-state index contributed by atoms with van der Waals surface area (Å²) in [5, 5.41) is 25.9. The molecule has 0 fully saturated rings. The molecule has 1 aliphatic rings. The number of aliphatic hydroxyl groups is 1. The highest BCUT2D eigenvalue weighted by molar-refractivity contribution is 5.99. The molecule has 23 heavy (non-hydrogen) atoms. The Bertz CT molecular complexity index is 789. The highest BCUT2D eigenvalue weighted by Gasteiger charge is 2.45. The summed E-state index contributed by atoms with van der Waals surface area (Å²) in [6.45, 7) is 1.69. The lowest BCUT2D eigenvalue weighted by Gasteiger charge is -2.31. The zero-order valence-corrected chi connectivity index (χ0v) is 12.4. The smallest absolute Gasteiger partial charge is 0.280 e. The lowest BCUT2D eigenvalue weighted by atomic mass is 9.97. The number of carbonyl (C=O) groups is 1. The normalized spacial score (nSPS) is 20.5. The lowest BCUT2D eigenvalue weighted by Crippen LogP contribution is -2.43. The Morgan fingerprint density at radius 1 is 1.22 bits per heavy atom. The standard InChI is InChI=1S/C17H15FN2O3/c1-11-10-17(23,12-6-8-13(18)9-7-12)20(19-11)16(22)14-4-2-3-5-15(14)21/h2-9,21,23H,10H2,1H3/t17-/m1/s1. The van der Waals surface area contributed by atoms with Crippen molar-refractivity contribution in [3.8, 4) is 5.75 Å². The van der Waals surface area contributed by atoms with Crippen LogP contribution in [0.25, 0.3) is 0 Å². The van der Waals surface area contributed by atoms with Crippen LogP contribution in [0.5, 0.6) is 5.75 Å². The van der Waals surface area contributed by atoms with E-state index in [-0.39, 0.29) is 17.7 Å². The van der Waals surface area contributed by atoms with Gasteiger partial charge in [-0.05, 0) is 31.2 Å². The Morgan fingerprint density at radius 2 is 1.87 bits per heavy atom. The van der Waals surface area contributed by atoms with E-state index in [0.717, 1.165) is 5.01 Å². The van der Waals surface area contributed by atoms with Crippen LogP contribution in [0.4, 0.5) is 4.39 Å². The van der Waals surface area contributed by atoms with Gasteiger partial charge >= 0.3 is 0 Å². The first-order chi connectivity index (χ1) is 10.9. The van der Waals surface area contributed by atoms with Gasteiger partial charge < -0.3 is 10.2 Å². The number of aromatic hydroxyl groups is 1. The van der Waals surface area contributed by atoms with E-state index < -0.39 is 17.4 Å². The van der Waals surface area contributed by atoms with E-state index >= 15 is 0 Å². The fraction of sp³-hybridized carbons (Fsp3) is 0.176. The molecule has 0 aliphatic carbocycles. The Balaban J connectivity index is 2.03. The number of para-hydroxylation sites is 1. The molecule has 1 atom stereocenters. The minimum Gasteiger partial charge on any atom is -0.507 e. The van der Waals surface area contributed by atoms with Crippen molar-refractivity contribution in [2.45, 2.75) is 19.1 Å². The third kappa shape index (κ3) is 2.57. The van der Waals surface area contributed by atoms with Crippen LogP contribution >= 0.6 is 0 Å². The van der Waals surface area contributed by atoms with Gasteiger partial charge in [-0.15, -0.1) is 0 Å². The average molecular weight is 314 g/mol. The summed E-state index contributed by atoms with van der Waals surface area (Å²) in [7, 11) is 0. The van der Waals surface area contributed by atoms with Crippen molar-refractivity contribution in [2.75, 3.05) is 0 Å². The van der Waals surface area contributed by atoms with E-state index in [1.54, 1.807) is 19.1 Å². The molecule has 1 heterocycles. The summed E-state index contributed by atoms with van der Waals surface area (Å²) in [6, 6.07) is 11.3. The van der Waals surface area contributed by atoms with Crippen LogP contribution in [-0.2, 0) is 5.72 Å². The first kappa shape index (κ1) is 15.2. The molecule has 0 aromatic heterocycles. The second-order valence-corrected chi connectivity index (χ2v) is 5.47. The number of hydrogen-bond donors (Lipinski definition) is 2. The van der Waals surface area contributed by atoms with Gasteiger partial charge in [0.05, 0.1) is 5.56 Å². The molecule has 5 nitrogen and oxygen atoms in total. The van der Waals surface area contributed by atoms with Gasteiger partial charge in [-0.25, -0.2) is 4.39 Å². The van der Waals surface area contributed by atoms with Gasteiger partial charge in [0, 0.05) is 17.7 Å². The van der Waals surface area contributed by atoms with Gasteiger partial charge in [-0.3, -0.25) is 4.79 Å². The minimum absolute atomic E-state index is 0.0338. The molecule has 0 saturated carbocycles. The maximum Gasteiger partial charge on any atom is 0.280 e. The highest BCUT2D eigenvalue weighted by atomic mass is 19.1. The molecule has 0 bridgehead atoms. The second-order valence-electron chi connectivity index (χ2n) is 5.47. The van der Waals surface area contributed by atoms with Crippen LogP contribution in [0.15, 0.2) is 53.6 Å². The van der Waals surface area contributed by atoms with Crippen molar-refractivity contribution in [3.63, 3.8) is 0 Å². The maximum atomic E-state index is 13.1. The van der Waals surface area contributed by atoms with Gasteiger partial charge in [0.1, 0.15) is 11.6 Å². The van der Waals surface area contributed by atoms with Crippen molar-refractivity contribution in [1.29, 1.82) is 0 Å². The summed E-state index contributed by atoms with van der Waals surface area (Å²) < 4.78 is 13.1. The van der Waals surface area contributed by atoms with Gasteiger partial charge in [-0.2, -0.15) is 10.1 Å². The van der Waals surface area contributed by atoms with Gasteiger partial charge in [0.15, 0.2) is 5.72 Å². The predicted octanol–water partition coefficient (Wildman–Crippen LogP) is 2.60. The zero-order chi connectivity index (χ0) is 16.6. The fourth-order valence-corrected chi connectivity index (χ4v) is 2.64. The maximum absolute atomic E-state index is 13.1. The number of halogens is 1. The molecule has 2 N–H and O–H groups in total. The largest absolute Gasteiger partial charge is 0.507 e. The van der Waals surface area contributed by atoms with Crippen LogP contribution in [0.1, 0.15) is 29.3 Å². The Hall–Kier alpha value is -2.73. The SMILES string of the molecule is CC1=NN(C(=O)c2ccccc2O)[C@](O)(c2ccc(F)cc2)C1. The molecule has 6 heteroatoms. The van der Waals surface area contributed by atoms with E-state index in [2.05, 4.69) is 5.10 Å². The van der Waals surface area contributed by atoms with E-state index in [4.69, 9.17) is 0 Å². The molecule has 2 aromatic rings. The first-order valence-electron chi connectivity index (χ1n) is 7.07. The Labute approximate surface area is 132 Å². The van der Waals surface area contributed by atoms with Crippen molar-refractivity contribution in [3.05, 3.63) is 65.5 Å². The van der Waals surface area contributed by atoms with Gasteiger partial charge in [0.2, 0.25) is 0 Å². The number of amides is 1. The number of benzene rings is 2. The van der Waals surface area contributed by atoms with Crippen LogP contribution < -0.4 is 0 Å². The number of carbonyl (C=O) groups excluding carboxylic acids is 1. The third-order valence-electron chi connectivity index (χ3n) is 3.76. The zero-order valence-electron chi connectivity index (χ0n) is 12.4. The Kier molecular flexibility index (Phi) is 3.61. The third-order valence-corrected chi connectivity index (χ3v) is 3.76. The fourth-order valence-electron chi connectivity index (χ4n) is 2.64. The summed E-state index contributed by atoms with van der Waals surface area (Å²) in [4.78, 5) is 12.7. The number of hydrazone groups is 1. The number of nitrogens with zero attached hydrogens (tertiary/aromatic N) is 2. The monoisotopic (exact) mass is 314 g/mol. The summed E-state index contributed by atoms with van der Waals surface area (Å²) in [6.07, 6.45) is 0.109. The Morgan fingerprint density at radius 3 is 2.52 bits per heavy atom. The molecule has 0 radical (unpaired) electrons. The summed E-state index contributed by atoms with van der Waals surface area (Å²) in [5.74, 6) is -1.27. The molecule has 118 valence electrons. The van der Waals surface area contributed by atoms with Crippen LogP contribution in [0.3, 0.4) is 0 Å². The number of phenols is 1. The van der Waals surface area contributed by atoms with E-state index in [0.29, 0.717) is 11.3 Å². The highest BCUT2D eigenvalue weighted by Crippen LogP contribution is 2.37. The van der Waals surface area contributed by atoms with E-state index in [1.165, 1.54) is 36.4 Å². The quantitative estimate of drug-likeness (QED) is 0.895. The van der Waals surface area contributed by atoms with Crippen molar-refractivity contribution >= 4 is 11.6 Å². The molecule has 3 rings (SSSR count). The van der Waals surface area contributed by atoms with E-state index in [1.807, 2.05) is 0 Å². The second kappa shape index (κ2) is 5.48. The molecule has 0 saturated heterocycles. The van der Waals surface area contributed by atoms with Crippen molar-refractivity contribution < 1.29 is 19.4 Å². The van der Waals surface area contributed by atoms with Crippen LogP contribution in [-0.4, -0.2) is 26.8 Å². The van der Waals surface area contributed by atoms with Gasteiger partial charge in [0.25, 0.3) is 5.91 Å². The molecule has 2 aromatic carbocycles. The molecular weight excluding hydrogens is 299 g/mol. The van der Waals surface area contributed by atoms with Crippen LogP contribution in [0, 0.1) is 5.82 Å². The van der Waals surface area contributed by atoms with Crippen molar-refractivity contribution in [1.82, 2.24) is 5.01 Å². The average Bonchev–Trinajstić information content (AvgIpc) is 2.83. The molecule has 1 aliphatic heterocycles. The number of phenolic OH excluding ortho intramolecular Hbond substituents is 1. The molecule has 1 amide bonds. The minimum atomic E-state index is -1.71. The summed E-state index contributed by atoms with van der Waals surface area (Å²) >= 11 is 0. The van der Waals surface area contributed by atoms with Crippen molar-refractivity contribution in [2.24, 2.45) is 5.10 Å². The van der Waals surface area contributed by atoms with Crippen LogP contribution in [0.2, 0.25) is 0 Å². The van der Waals surface area contributed by atoms with E-state index in [9.17, 15) is 19.4 Å². The molecule has 0 unspecified atom stereocenters. The predicted molar refractivity (Wildman–Crippen MR) is 82.3 cm³/mol. The topological polar surface area (TPSA) is 73.1 Å². The number of hydrogen-bond acceptors (Lipinski definition) is 4. The molecule has 0 spiro atoms. The summed E-state index contributed by atoms with van der Waals surface area (Å²) in [5.41, 5.74) is -0.771. The first-order valence-corrected chi connectivity index (χ1v) is 7.07. The number of rotatable bonds is 2. The van der Waals surface area contributed by atoms with Gasteiger partial charge in [-0.1, -0.05) is 24.3 Å². The molecular formula is C17H15FN2O3.